The number of aromatic nitrogens is 1. The molecular weight excluding hydrogens is 280 g/mol. The molecule has 0 aliphatic heterocycles. The quantitative estimate of drug-likeness (QED) is 0.719. The van der Waals surface area contributed by atoms with Crippen molar-refractivity contribution in [2.45, 2.75) is 32.7 Å². The van der Waals surface area contributed by atoms with Gasteiger partial charge < -0.3 is 0 Å². The van der Waals surface area contributed by atoms with E-state index in [9.17, 15) is 0 Å². The van der Waals surface area contributed by atoms with Crippen molar-refractivity contribution in [3.05, 3.63) is 64.9 Å². The molecule has 0 radical (unpaired) electrons. The van der Waals surface area contributed by atoms with Gasteiger partial charge in [-0.2, -0.15) is 0 Å². The van der Waals surface area contributed by atoms with Gasteiger partial charge in [-0.1, -0.05) is 43.6 Å². The van der Waals surface area contributed by atoms with Crippen LogP contribution in [-0.4, -0.2) is 23.0 Å². The minimum atomic E-state index is 0.246. The Balaban J connectivity index is 2.40. The molecular formula is C18H23ClN2. The Bertz CT molecular complexity index is 519. The molecule has 1 aromatic heterocycles. The first-order valence-corrected chi connectivity index (χ1v) is 8.03. The summed E-state index contributed by atoms with van der Waals surface area (Å²) in [6, 6.07) is 12.6. The van der Waals surface area contributed by atoms with Crippen LogP contribution in [-0.2, 0) is 0 Å². The van der Waals surface area contributed by atoms with Crippen molar-refractivity contribution < 1.29 is 0 Å². The molecule has 0 spiro atoms. The van der Waals surface area contributed by atoms with Gasteiger partial charge in [0.2, 0.25) is 0 Å². The molecule has 0 N–H and O–H groups in total. The number of hydrogen-bond donors (Lipinski definition) is 0. The average Bonchev–Trinajstić information content (AvgIpc) is 2.51. The summed E-state index contributed by atoms with van der Waals surface area (Å²) >= 11 is 6.04. The fourth-order valence-electron chi connectivity index (χ4n) is 2.74. The number of nitrogens with zero attached hydrogens (tertiary/aromatic N) is 2. The first kappa shape index (κ1) is 16.0. The van der Waals surface area contributed by atoms with Crippen LogP contribution >= 0.6 is 11.6 Å². The number of hydrogen-bond acceptors (Lipinski definition) is 2. The van der Waals surface area contributed by atoms with Gasteiger partial charge in [-0.05, 0) is 55.3 Å². The third kappa shape index (κ3) is 4.29. The van der Waals surface area contributed by atoms with Gasteiger partial charge in [-0.25, -0.2) is 0 Å². The lowest BCUT2D eigenvalue weighted by atomic mass is 9.98. The molecule has 0 saturated heterocycles. The summed E-state index contributed by atoms with van der Waals surface area (Å²) in [5.74, 6) is 0. The maximum Gasteiger partial charge on any atom is 0.0617 e. The van der Waals surface area contributed by atoms with E-state index in [2.05, 4.69) is 41.9 Å². The topological polar surface area (TPSA) is 16.1 Å². The summed E-state index contributed by atoms with van der Waals surface area (Å²) in [4.78, 5) is 6.83. The maximum absolute atomic E-state index is 6.04. The van der Waals surface area contributed by atoms with Crippen LogP contribution in [0.3, 0.4) is 0 Å². The highest BCUT2D eigenvalue weighted by atomic mass is 35.5. The van der Waals surface area contributed by atoms with Gasteiger partial charge in [0.15, 0.2) is 0 Å². The van der Waals surface area contributed by atoms with E-state index < -0.39 is 0 Å². The number of halogens is 1. The van der Waals surface area contributed by atoms with Crippen LogP contribution in [0.25, 0.3) is 0 Å². The van der Waals surface area contributed by atoms with Crippen molar-refractivity contribution in [2.75, 3.05) is 13.1 Å². The van der Waals surface area contributed by atoms with E-state index >= 15 is 0 Å². The van der Waals surface area contributed by atoms with E-state index in [-0.39, 0.29) is 6.04 Å². The number of rotatable bonds is 7. The lowest BCUT2D eigenvalue weighted by molar-refractivity contribution is 0.225. The molecule has 2 aromatic rings. The zero-order chi connectivity index (χ0) is 15.1. The molecule has 0 aliphatic carbocycles. The van der Waals surface area contributed by atoms with E-state index in [0.29, 0.717) is 0 Å². The van der Waals surface area contributed by atoms with Gasteiger partial charge in [0.25, 0.3) is 0 Å². The van der Waals surface area contributed by atoms with Crippen molar-refractivity contribution in [2.24, 2.45) is 0 Å². The lowest BCUT2D eigenvalue weighted by Gasteiger charge is -2.32. The summed E-state index contributed by atoms with van der Waals surface area (Å²) in [5, 5.41) is 0.779. The van der Waals surface area contributed by atoms with E-state index in [1.807, 2.05) is 30.6 Å². The van der Waals surface area contributed by atoms with Crippen LogP contribution in [0.5, 0.6) is 0 Å². The van der Waals surface area contributed by atoms with Crippen molar-refractivity contribution in [3.63, 3.8) is 0 Å². The normalized spacial score (nSPS) is 12.6. The molecule has 21 heavy (non-hydrogen) atoms. The third-order valence-electron chi connectivity index (χ3n) is 3.57. The second kappa shape index (κ2) is 8.16. The highest BCUT2D eigenvalue weighted by molar-refractivity contribution is 6.30. The van der Waals surface area contributed by atoms with Crippen LogP contribution in [0, 0.1) is 0 Å². The van der Waals surface area contributed by atoms with E-state index in [0.717, 1.165) is 31.0 Å². The van der Waals surface area contributed by atoms with Crippen LogP contribution < -0.4 is 0 Å². The molecule has 112 valence electrons. The molecule has 1 heterocycles. The van der Waals surface area contributed by atoms with Gasteiger partial charge in [-0.3, -0.25) is 9.88 Å². The fraction of sp³-hybridized carbons (Fsp3) is 0.389. The second-order valence-electron chi connectivity index (χ2n) is 5.28. The van der Waals surface area contributed by atoms with Gasteiger partial charge in [-0.15, -0.1) is 0 Å². The molecule has 1 unspecified atom stereocenters. The number of pyridine rings is 1. The largest absolute Gasteiger partial charge is 0.292 e. The predicted molar refractivity (Wildman–Crippen MR) is 89.7 cm³/mol. The Kier molecular flexibility index (Phi) is 6.21. The zero-order valence-corrected chi connectivity index (χ0v) is 13.6. The van der Waals surface area contributed by atoms with Crippen molar-refractivity contribution in [1.29, 1.82) is 0 Å². The third-order valence-corrected chi connectivity index (χ3v) is 3.82. The summed E-state index contributed by atoms with van der Waals surface area (Å²) in [6.45, 7) is 6.61. The summed E-state index contributed by atoms with van der Waals surface area (Å²) in [7, 11) is 0. The SMILES string of the molecule is CCCN(CCC)C(c1ccc(Cl)cc1)c1cccnc1. The van der Waals surface area contributed by atoms with Crippen LogP contribution in [0.1, 0.15) is 43.9 Å². The predicted octanol–water partition coefficient (Wildman–Crippen LogP) is 4.95. The lowest BCUT2D eigenvalue weighted by Crippen LogP contribution is -2.31. The summed E-state index contributed by atoms with van der Waals surface area (Å²) < 4.78 is 0. The van der Waals surface area contributed by atoms with Crippen molar-refractivity contribution >= 4 is 11.6 Å². The Labute approximate surface area is 132 Å². The highest BCUT2D eigenvalue weighted by Crippen LogP contribution is 2.29. The van der Waals surface area contributed by atoms with Gasteiger partial charge in [0.1, 0.15) is 0 Å². The molecule has 3 heteroatoms. The van der Waals surface area contributed by atoms with Crippen molar-refractivity contribution in [1.82, 2.24) is 9.88 Å². The second-order valence-corrected chi connectivity index (χ2v) is 5.71. The Morgan fingerprint density at radius 3 is 2.19 bits per heavy atom. The summed E-state index contributed by atoms with van der Waals surface area (Å²) in [6.07, 6.45) is 6.08. The molecule has 0 fully saturated rings. The molecule has 1 aromatic carbocycles. The molecule has 0 saturated carbocycles. The monoisotopic (exact) mass is 302 g/mol. The molecule has 0 bridgehead atoms. The fourth-order valence-corrected chi connectivity index (χ4v) is 2.87. The summed E-state index contributed by atoms with van der Waals surface area (Å²) in [5.41, 5.74) is 2.51. The van der Waals surface area contributed by atoms with E-state index in [1.165, 1.54) is 11.1 Å². The maximum atomic E-state index is 6.04. The Morgan fingerprint density at radius 2 is 1.67 bits per heavy atom. The smallest absolute Gasteiger partial charge is 0.0617 e. The first-order chi connectivity index (χ1) is 10.3. The minimum Gasteiger partial charge on any atom is -0.292 e. The number of benzene rings is 1. The van der Waals surface area contributed by atoms with Crippen LogP contribution in [0.15, 0.2) is 48.8 Å². The van der Waals surface area contributed by atoms with Crippen molar-refractivity contribution in [3.8, 4) is 0 Å². The first-order valence-electron chi connectivity index (χ1n) is 7.65. The zero-order valence-electron chi connectivity index (χ0n) is 12.8. The van der Waals surface area contributed by atoms with Gasteiger partial charge >= 0.3 is 0 Å². The molecule has 0 amide bonds. The van der Waals surface area contributed by atoms with E-state index in [4.69, 9.17) is 11.6 Å². The van der Waals surface area contributed by atoms with E-state index in [1.54, 1.807) is 0 Å². The van der Waals surface area contributed by atoms with Crippen LogP contribution in [0.2, 0.25) is 5.02 Å². The molecule has 2 nitrogen and oxygen atoms in total. The average molecular weight is 303 g/mol. The molecule has 0 aliphatic rings. The van der Waals surface area contributed by atoms with Gasteiger partial charge in [0.05, 0.1) is 6.04 Å². The Hall–Kier alpha value is -1.38. The minimum absolute atomic E-state index is 0.246. The standard InChI is InChI=1S/C18H23ClN2/c1-3-12-21(13-4-2)18(16-6-5-11-20-14-16)15-7-9-17(19)10-8-15/h5-11,14,18H,3-4,12-13H2,1-2H3. The van der Waals surface area contributed by atoms with Crippen LogP contribution in [0.4, 0.5) is 0 Å². The Morgan fingerprint density at radius 1 is 1.00 bits per heavy atom. The highest BCUT2D eigenvalue weighted by Gasteiger charge is 2.21. The van der Waals surface area contributed by atoms with Gasteiger partial charge in [0, 0.05) is 17.4 Å². The molecule has 1 atom stereocenters. The molecule has 2 rings (SSSR count).